The maximum atomic E-state index is 13.0. The van der Waals surface area contributed by atoms with Gasteiger partial charge < -0.3 is 15.9 Å². The molecule has 0 aliphatic carbocycles. The van der Waals surface area contributed by atoms with Crippen molar-refractivity contribution in [3.63, 3.8) is 0 Å². The molecule has 3 aromatic rings. The number of halogens is 1. The highest BCUT2D eigenvalue weighted by molar-refractivity contribution is 5.92. The Morgan fingerprint density at radius 2 is 1.57 bits per heavy atom. The fourth-order valence-corrected chi connectivity index (χ4v) is 3.18. The number of pyridine rings is 1. The fraction of sp³-hybridized carbons (Fsp3) is 0.318. The largest absolute Gasteiger partial charge is 0.507 e. The van der Waals surface area contributed by atoms with Crippen molar-refractivity contribution in [2.75, 3.05) is 7.05 Å². The van der Waals surface area contributed by atoms with Crippen molar-refractivity contribution in [2.24, 2.45) is 5.73 Å². The predicted octanol–water partition coefficient (Wildman–Crippen LogP) is 4.54. The number of hydrogen-bond acceptors (Lipinski definition) is 5. The van der Waals surface area contributed by atoms with Crippen LogP contribution in [0, 0.1) is 5.82 Å². The van der Waals surface area contributed by atoms with Gasteiger partial charge in [-0.1, -0.05) is 33.4 Å². The van der Waals surface area contributed by atoms with Gasteiger partial charge >= 0.3 is 0 Å². The number of aromatic nitrogens is 1. The first-order chi connectivity index (χ1) is 13.1. The van der Waals surface area contributed by atoms with Crippen LogP contribution >= 0.6 is 0 Å². The molecule has 0 saturated heterocycles. The van der Waals surface area contributed by atoms with E-state index < -0.39 is 0 Å². The van der Waals surface area contributed by atoms with Gasteiger partial charge in [0.1, 0.15) is 22.8 Å². The Morgan fingerprint density at radius 3 is 2.18 bits per heavy atom. The Kier molecular flexibility index (Phi) is 8.82. The van der Waals surface area contributed by atoms with Crippen LogP contribution in [0.4, 0.5) is 4.39 Å². The van der Waals surface area contributed by atoms with Crippen LogP contribution in [0.25, 0.3) is 10.9 Å². The minimum atomic E-state index is -0.258. The summed E-state index contributed by atoms with van der Waals surface area (Å²) < 4.78 is 13.0. The van der Waals surface area contributed by atoms with Gasteiger partial charge in [-0.25, -0.2) is 4.39 Å². The van der Waals surface area contributed by atoms with Crippen LogP contribution in [0.3, 0.4) is 0 Å². The molecular weight excluding hydrogens is 357 g/mol. The smallest absolute Gasteiger partial charge is 0.146 e. The molecule has 152 valence electrons. The number of phenolic OH excluding ortho intramolecular Hbond substituents is 2. The molecule has 2 aromatic carbocycles. The molecule has 0 spiro atoms. The molecule has 0 radical (unpaired) electrons. The number of phenols is 2. The molecule has 1 aliphatic heterocycles. The third kappa shape index (κ3) is 4.58. The molecule has 4 N–H and O–H groups in total. The molecule has 0 unspecified atom stereocenters. The number of hydrogen-bond donors (Lipinski definition) is 3. The lowest BCUT2D eigenvalue weighted by atomic mass is 10.0. The van der Waals surface area contributed by atoms with E-state index in [9.17, 15) is 14.6 Å². The van der Waals surface area contributed by atoms with Crippen molar-refractivity contribution in [3.8, 4) is 11.5 Å². The van der Waals surface area contributed by atoms with Gasteiger partial charge in [0, 0.05) is 42.3 Å². The minimum absolute atomic E-state index is 0. The van der Waals surface area contributed by atoms with Crippen molar-refractivity contribution in [2.45, 2.75) is 40.9 Å². The van der Waals surface area contributed by atoms with Crippen molar-refractivity contribution in [1.29, 1.82) is 0 Å². The molecule has 2 heterocycles. The zero-order chi connectivity index (χ0) is 20.0. The summed E-state index contributed by atoms with van der Waals surface area (Å²) in [5.74, 6) is 0.0589. The first-order valence-electron chi connectivity index (χ1n) is 8.98. The second kappa shape index (κ2) is 10.6. The number of nitrogens with two attached hydrogens (primary N) is 1. The molecule has 1 aromatic heterocycles. The second-order valence-electron chi connectivity index (χ2n) is 5.83. The maximum Gasteiger partial charge on any atom is 0.146 e. The van der Waals surface area contributed by atoms with Crippen molar-refractivity contribution >= 4 is 10.9 Å². The van der Waals surface area contributed by atoms with Gasteiger partial charge in [0.25, 0.3) is 0 Å². The molecule has 0 amide bonds. The van der Waals surface area contributed by atoms with E-state index in [2.05, 4.69) is 15.6 Å². The monoisotopic (exact) mass is 387 g/mol. The lowest BCUT2D eigenvalue weighted by Gasteiger charge is -2.14. The van der Waals surface area contributed by atoms with Crippen LogP contribution in [-0.2, 0) is 19.6 Å². The van der Waals surface area contributed by atoms with E-state index in [4.69, 9.17) is 0 Å². The van der Waals surface area contributed by atoms with Crippen molar-refractivity contribution < 1.29 is 14.6 Å². The zero-order valence-electron chi connectivity index (χ0n) is 15.9. The molecule has 0 saturated carbocycles. The van der Waals surface area contributed by atoms with E-state index in [0.717, 1.165) is 16.7 Å². The average Bonchev–Trinajstić information content (AvgIpc) is 3.15. The molecule has 6 heteroatoms. The second-order valence-corrected chi connectivity index (χ2v) is 5.83. The third-order valence-corrected chi connectivity index (χ3v) is 4.31. The number of nitrogens with zero attached hydrogens (tertiary/aromatic N) is 2. The van der Waals surface area contributed by atoms with E-state index >= 15 is 0 Å². The van der Waals surface area contributed by atoms with Gasteiger partial charge in [-0.15, -0.1) is 0 Å². The Morgan fingerprint density at radius 1 is 1.00 bits per heavy atom. The van der Waals surface area contributed by atoms with E-state index in [-0.39, 0.29) is 24.7 Å². The molecular formula is C22H30FN3O2. The summed E-state index contributed by atoms with van der Waals surface area (Å²) in [6.45, 7) is 5.69. The van der Waals surface area contributed by atoms with Crippen LogP contribution in [-0.4, -0.2) is 27.1 Å². The Hall–Kier alpha value is -2.70. The third-order valence-electron chi connectivity index (χ3n) is 4.31. The van der Waals surface area contributed by atoms with Crippen LogP contribution in [0.2, 0.25) is 0 Å². The summed E-state index contributed by atoms with van der Waals surface area (Å²) in [5.41, 5.74) is 7.37. The van der Waals surface area contributed by atoms with Crippen LogP contribution in [0.5, 0.6) is 11.5 Å². The highest BCUT2D eigenvalue weighted by atomic mass is 19.1. The summed E-state index contributed by atoms with van der Waals surface area (Å²) in [7, 11) is 1.50. The van der Waals surface area contributed by atoms with E-state index in [1.165, 1.54) is 19.2 Å². The molecule has 4 rings (SSSR count). The summed E-state index contributed by atoms with van der Waals surface area (Å²) in [4.78, 5) is 6.26. The van der Waals surface area contributed by atoms with Crippen LogP contribution in [0.1, 0.15) is 38.0 Å². The first-order valence-corrected chi connectivity index (χ1v) is 8.98. The number of fused-ring (bicyclic) bond motifs is 2. The minimum Gasteiger partial charge on any atom is -0.507 e. The lowest BCUT2D eigenvalue weighted by Crippen LogP contribution is -2.15. The van der Waals surface area contributed by atoms with E-state index in [1.54, 1.807) is 30.5 Å². The Labute approximate surface area is 166 Å². The fourth-order valence-electron chi connectivity index (χ4n) is 3.18. The van der Waals surface area contributed by atoms with Crippen LogP contribution in [0.15, 0.2) is 42.6 Å². The molecule has 28 heavy (non-hydrogen) atoms. The Bertz CT molecular complexity index is 848. The topological polar surface area (TPSA) is 82.6 Å². The SMILES string of the molecule is C.CC.CN.Oc1c2c(c(O)c3ncccc13)CN(Cc1ccc(F)cc1)C2. The predicted molar refractivity (Wildman–Crippen MR) is 113 cm³/mol. The molecule has 0 bridgehead atoms. The first kappa shape index (κ1) is 23.3. The van der Waals surface area contributed by atoms with E-state index in [0.29, 0.717) is 30.5 Å². The van der Waals surface area contributed by atoms with Gasteiger partial charge in [-0.2, -0.15) is 0 Å². The van der Waals surface area contributed by atoms with Crippen LogP contribution < -0.4 is 5.73 Å². The summed E-state index contributed by atoms with van der Waals surface area (Å²) in [6.07, 6.45) is 1.60. The van der Waals surface area contributed by atoms with Gasteiger partial charge in [-0.3, -0.25) is 9.88 Å². The standard InChI is InChI=1S/C18H15FN2O2.C2H6.CH5N.CH4/c19-12-5-3-11(4-6-12)8-21-9-14-15(10-21)18(23)16-13(17(14)22)2-1-7-20-16;2*1-2;/h1-7,22-23H,8-10H2;1-2H3;2H2,1H3;1H4. The quantitative estimate of drug-likeness (QED) is 0.563. The normalized spacial score (nSPS) is 12.2. The van der Waals surface area contributed by atoms with E-state index in [1.807, 2.05) is 13.8 Å². The highest BCUT2D eigenvalue weighted by Gasteiger charge is 2.28. The summed E-state index contributed by atoms with van der Waals surface area (Å²) in [5, 5.41) is 21.5. The summed E-state index contributed by atoms with van der Waals surface area (Å²) >= 11 is 0. The lowest BCUT2D eigenvalue weighted by molar-refractivity contribution is 0.272. The van der Waals surface area contributed by atoms with Gasteiger partial charge in [0.05, 0.1) is 0 Å². The number of benzene rings is 2. The average molecular weight is 387 g/mol. The number of aromatic hydroxyl groups is 2. The number of rotatable bonds is 2. The summed E-state index contributed by atoms with van der Waals surface area (Å²) in [6, 6.07) is 9.85. The molecule has 1 aliphatic rings. The van der Waals surface area contributed by atoms with Gasteiger partial charge in [0.15, 0.2) is 0 Å². The zero-order valence-corrected chi connectivity index (χ0v) is 15.9. The van der Waals surface area contributed by atoms with Crippen molar-refractivity contribution in [3.05, 3.63) is 65.1 Å². The van der Waals surface area contributed by atoms with Gasteiger partial charge in [-0.05, 0) is 36.9 Å². The van der Waals surface area contributed by atoms with Gasteiger partial charge in [0.2, 0.25) is 0 Å². The maximum absolute atomic E-state index is 13.0. The van der Waals surface area contributed by atoms with Crippen molar-refractivity contribution in [1.82, 2.24) is 9.88 Å². The Balaban J connectivity index is 0.000000739. The molecule has 0 fully saturated rings. The molecule has 5 nitrogen and oxygen atoms in total. The highest BCUT2D eigenvalue weighted by Crippen LogP contribution is 2.43. The molecule has 0 atom stereocenters.